The van der Waals surface area contributed by atoms with Gasteiger partial charge >= 0.3 is 0 Å². The molecule has 4 aliphatic rings. The molecule has 0 radical (unpaired) electrons. The van der Waals surface area contributed by atoms with Crippen molar-refractivity contribution in [3.8, 4) is 5.75 Å². The highest BCUT2D eigenvalue weighted by Crippen LogP contribution is 2.61. The fourth-order valence-corrected chi connectivity index (χ4v) is 9.89. The minimum atomic E-state index is -1.85. The Balaban J connectivity index is 1.03. The molecular formula is C39H64O4Si. The highest BCUT2D eigenvalue weighted by atomic mass is 28.4. The molecule has 1 heterocycles. The van der Waals surface area contributed by atoms with E-state index in [-0.39, 0.29) is 16.7 Å². The van der Waals surface area contributed by atoms with Gasteiger partial charge in [0.15, 0.2) is 6.29 Å². The predicted molar refractivity (Wildman–Crippen MR) is 184 cm³/mol. The van der Waals surface area contributed by atoms with Gasteiger partial charge in [-0.05, 0) is 123 Å². The van der Waals surface area contributed by atoms with Crippen molar-refractivity contribution in [2.24, 2.45) is 23.2 Å². The molecule has 0 bridgehead atoms. The molecule has 0 spiro atoms. The standard InChI is InChI=1S/C39H64O4Si/c1-38(2,3)44(5,6)43-31-20-22-32-29(27-31)19-21-34-33(32)23-24-39(4)35(34)28-30(37(39)40)17-13-11-9-7-8-10-12-15-25-41-36-18-14-16-26-42-36/h20,22,27,30,33-36H,7-19,21,23-26,28H2,1-6H3/t30?,33-,34-,35+,36?,39+/m1/s1. The summed E-state index contributed by atoms with van der Waals surface area (Å²) in [5.41, 5.74) is 2.99. The van der Waals surface area contributed by atoms with E-state index in [0.29, 0.717) is 29.5 Å². The number of hydrogen-bond acceptors (Lipinski definition) is 4. The van der Waals surface area contributed by atoms with Crippen LogP contribution in [0.5, 0.6) is 5.75 Å². The molecule has 1 aliphatic heterocycles. The molecule has 44 heavy (non-hydrogen) atoms. The normalized spacial score (nSPS) is 30.5. The number of aryl methyl sites for hydroxylation is 1. The van der Waals surface area contributed by atoms with Crippen molar-refractivity contribution in [2.75, 3.05) is 13.2 Å². The maximum Gasteiger partial charge on any atom is 0.250 e. The van der Waals surface area contributed by atoms with Crippen LogP contribution in [0.1, 0.15) is 147 Å². The summed E-state index contributed by atoms with van der Waals surface area (Å²) in [6, 6.07) is 7.01. The molecule has 1 aromatic rings. The van der Waals surface area contributed by atoms with Gasteiger partial charge in [-0.25, -0.2) is 0 Å². The Labute approximate surface area is 270 Å². The summed E-state index contributed by atoms with van der Waals surface area (Å²) in [5.74, 6) is 3.86. The van der Waals surface area contributed by atoms with Crippen LogP contribution in [-0.2, 0) is 20.7 Å². The van der Waals surface area contributed by atoms with Gasteiger partial charge in [-0.2, -0.15) is 0 Å². The van der Waals surface area contributed by atoms with Crippen molar-refractivity contribution in [2.45, 2.75) is 167 Å². The third kappa shape index (κ3) is 7.85. The van der Waals surface area contributed by atoms with Crippen LogP contribution in [0.25, 0.3) is 0 Å². The molecule has 3 fully saturated rings. The van der Waals surface area contributed by atoms with Crippen LogP contribution in [0, 0.1) is 23.2 Å². The number of carbonyl (C=O) groups is 1. The molecule has 1 aromatic carbocycles. The number of benzene rings is 1. The highest BCUT2D eigenvalue weighted by Gasteiger charge is 2.57. The molecule has 5 heteroatoms. The van der Waals surface area contributed by atoms with E-state index in [2.05, 4.69) is 59.0 Å². The summed E-state index contributed by atoms with van der Waals surface area (Å²) >= 11 is 0. The van der Waals surface area contributed by atoms with Gasteiger partial charge in [0.25, 0.3) is 0 Å². The lowest BCUT2D eigenvalue weighted by Gasteiger charge is -2.48. The van der Waals surface area contributed by atoms with Gasteiger partial charge in [0.2, 0.25) is 8.32 Å². The summed E-state index contributed by atoms with van der Waals surface area (Å²) in [6.45, 7) is 15.7. The Morgan fingerprint density at radius 2 is 1.68 bits per heavy atom. The molecule has 6 atom stereocenters. The second-order valence-corrected chi connectivity index (χ2v) is 21.4. The van der Waals surface area contributed by atoms with Gasteiger partial charge in [0.05, 0.1) is 0 Å². The van der Waals surface area contributed by atoms with E-state index in [0.717, 1.165) is 57.5 Å². The van der Waals surface area contributed by atoms with Gasteiger partial charge < -0.3 is 13.9 Å². The van der Waals surface area contributed by atoms with Crippen molar-refractivity contribution in [3.63, 3.8) is 0 Å². The fourth-order valence-electron chi connectivity index (χ4n) is 8.87. The second kappa shape index (κ2) is 14.7. The van der Waals surface area contributed by atoms with E-state index < -0.39 is 8.32 Å². The second-order valence-electron chi connectivity index (χ2n) is 16.7. The van der Waals surface area contributed by atoms with E-state index in [1.54, 1.807) is 5.56 Å². The van der Waals surface area contributed by atoms with Crippen LogP contribution in [0.15, 0.2) is 18.2 Å². The van der Waals surface area contributed by atoms with E-state index in [9.17, 15) is 4.79 Å². The van der Waals surface area contributed by atoms with Gasteiger partial charge in [0.1, 0.15) is 11.5 Å². The third-order valence-electron chi connectivity index (χ3n) is 12.6. The van der Waals surface area contributed by atoms with Gasteiger partial charge in [-0.15, -0.1) is 0 Å². The van der Waals surface area contributed by atoms with E-state index >= 15 is 0 Å². The van der Waals surface area contributed by atoms with E-state index in [4.69, 9.17) is 13.9 Å². The molecule has 0 N–H and O–H groups in total. The summed E-state index contributed by atoms with van der Waals surface area (Å²) in [4.78, 5) is 13.8. The van der Waals surface area contributed by atoms with Crippen molar-refractivity contribution in [1.82, 2.24) is 0 Å². The summed E-state index contributed by atoms with van der Waals surface area (Å²) in [7, 11) is -1.85. The number of rotatable bonds is 14. The Morgan fingerprint density at radius 1 is 0.955 bits per heavy atom. The number of carbonyl (C=O) groups excluding carboxylic acids is 1. The molecule has 2 saturated carbocycles. The number of ether oxygens (including phenoxy) is 2. The molecule has 5 rings (SSSR count). The maximum absolute atomic E-state index is 13.8. The number of unbranched alkanes of at least 4 members (excludes halogenated alkanes) is 7. The first-order chi connectivity index (χ1) is 21.0. The third-order valence-corrected chi connectivity index (χ3v) is 17.0. The topological polar surface area (TPSA) is 44.8 Å². The van der Waals surface area contributed by atoms with Crippen LogP contribution in [-0.4, -0.2) is 33.6 Å². The quantitative estimate of drug-likeness (QED) is 0.153. The lowest BCUT2D eigenvalue weighted by Crippen LogP contribution is -2.44. The van der Waals surface area contributed by atoms with Crippen molar-refractivity contribution in [1.29, 1.82) is 0 Å². The largest absolute Gasteiger partial charge is 0.543 e. The number of hydrogen-bond donors (Lipinski definition) is 0. The molecule has 1 saturated heterocycles. The minimum Gasteiger partial charge on any atom is -0.543 e. The zero-order valence-electron chi connectivity index (χ0n) is 29.2. The summed E-state index contributed by atoms with van der Waals surface area (Å²) < 4.78 is 18.2. The van der Waals surface area contributed by atoms with Crippen LogP contribution < -0.4 is 4.43 Å². The first kappa shape index (κ1) is 34.2. The SMILES string of the molecule is CC(C)(C)[Si](C)(C)Oc1ccc2c(c1)CC[C@@H]1[C@@H]2CC[C@]2(C)C(=O)C(CCCCCCCCCCOC3CCCCO3)C[C@@H]12. The molecule has 0 aromatic heterocycles. The first-order valence-corrected chi connectivity index (χ1v) is 21.5. The van der Waals surface area contributed by atoms with Gasteiger partial charge in [-0.3, -0.25) is 4.79 Å². The Kier molecular flexibility index (Phi) is 11.4. The lowest BCUT2D eigenvalue weighted by molar-refractivity contribution is -0.162. The van der Waals surface area contributed by atoms with E-state index in [1.807, 2.05) is 0 Å². The number of ketones is 1. The van der Waals surface area contributed by atoms with Crippen molar-refractivity contribution >= 4 is 14.1 Å². The number of fused-ring (bicyclic) bond motifs is 5. The zero-order valence-corrected chi connectivity index (χ0v) is 30.2. The molecule has 248 valence electrons. The van der Waals surface area contributed by atoms with Crippen LogP contribution in [0.3, 0.4) is 0 Å². The zero-order chi connectivity index (χ0) is 31.4. The smallest absolute Gasteiger partial charge is 0.250 e. The van der Waals surface area contributed by atoms with Gasteiger partial charge in [-0.1, -0.05) is 78.7 Å². The summed E-state index contributed by atoms with van der Waals surface area (Å²) in [6.07, 6.45) is 20.7. The molecule has 3 aliphatic carbocycles. The van der Waals surface area contributed by atoms with Crippen LogP contribution >= 0.6 is 0 Å². The monoisotopic (exact) mass is 624 g/mol. The minimum absolute atomic E-state index is 0.0596. The Hall–Kier alpha value is -1.17. The number of Topliss-reactive ketones (excluding diaryl/α,β-unsaturated/α-hetero) is 1. The molecular weight excluding hydrogens is 561 g/mol. The molecule has 2 unspecified atom stereocenters. The van der Waals surface area contributed by atoms with Crippen molar-refractivity contribution < 1.29 is 18.7 Å². The average molecular weight is 625 g/mol. The lowest BCUT2D eigenvalue weighted by atomic mass is 9.55. The predicted octanol–water partition coefficient (Wildman–Crippen LogP) is 10.8. The Bertz CT molecular complexity index is 1090. The average Bonchev–Trinajstić information content (AvgIpc) is 3.25. The molecule has 0 amide bonds. The van der Waals surface area contributed by atoms with Gasteiger partial charge in [0, 0.05) is 24.5 Å². The summed E-state index contributed by atoms with van der Waals surface area (Å²) in [5, 5.41) is 0.202. The maximum atomic E-state index is 13.8. The van der Waals surface area contributed by atoms with Crippen molar-refractivity contribution in [3.05, 3.63) is 29.3 Å². The Morgan fingerprint density at radius 3 is 2.39 bits per heavy atom. The van der Waals surface area contributed by atoms with E-state index in [1.165, 1.54) is 76.2 Å². The fraction of sp³-hybridized carbons (Fsp3) is 0.821. The van der Waals surface area contributed by atoms with Crippen LogP contribution in [0.4, 0.5) is 0 Å². The molecule has 4 nitrogen and oxygen atoms in total. The first-order valence-electron chi connectivity index (χ1n) is 18.6. The highest BCUT2D eigenvalue weighted by molar-refractivity contribution is 6.74. The van der Waals surface area contributed by atoms with Crippen LogP contribution in [0.2, 0.25) is 18.1 Å².